The van der Waals surface area contributed by atoms with Crippen molar-refractivity contribution < 1.29 is 0 Å². The van der Waals surface area contributed by atoms with Gasteiger partial charge in [-0.2, -0.15) is 0 Å². The number of nitrogens with one attached hydrogen (secondary N) is 1. The molecular weight excluding hydrogens is 249 g/mol. The average Bonchev–Trinajstić information content (AvgIpc) is 2.09. The summed E-state index contributed by atoms with van der Waals surface area (Å²) in [6, 6.07) is 5.79. The molecule has 0 aliphatic heterocycles. The Morgan fingerprint density at radius 3 is 2.92 bits per heavy atom. The molecule has 0 saturated heterocycles. The lowest BCUT2D eigenvalue weighted by Crippen LogP contribution is -2.13. The highest BCUT2D eigenvalue weighted by Gasteiger charge is 1.99. The lowest BCUT2D eigenvalue weighted by molar-refractivity contribution is 0.770. The number of benzene rings is 1. The average molecular weight is 259 g/mol. The summed E-state index contributed by atoms with van der Waals surface area (Å²) in [5, 5.41) is 3.82. The molecule has 68 valence electrons. The topological polar surface area (TPSA) is 12.0 Å². The van der Waals surface area contributed by atoms with E-state index in [1.54, 1.807) is 0 Å². The molecule has 0 bridgehead atoms. The van der Waals surface area contributed by atoms with Crippen LogP contribution in [-0.2, 0) is 6.54 Å². The third kappa shape index (κ3) is 3.40. The van der Waals surface area contributed by atoms with Gasteiger partial charge in [-0.05, 0) is 17.7 Å². The van der Waals surface area contributed by atoms with Crippen LogP contribution in [0.25, 0.3) is 0 Å². The molecule has 0 unspecified atom stereocenters. The van der Waals surface area contributed by atoms with Crippen LogP contribution < -0.4 is 5.32 Å². The SMILES string of the molecule is C#CCNCc1ccc(Br)cc1Cl. The van der Waals surface area contributed by atoms with Gasteiger partial charge < -0.3 is 5.32 Å². The molecule has 0 atom stereocenters. The second kappa shape index (κ2) is 5.29. The molecule has 0 fully saturated rings. The van der Waals surface area contributed by atoms with E-state index < -0.39 is 0 Å². The van der Waals surface area contributed by atoms with Gasteiger partial charge in [0.15, 0.2) is 0 Å². The standard InChI is InChI=1S/C10H9BrClN/c1-2-5-13-7-8-3-4-9(11)6-10(8)12/h1,3-4,6,13H,5,7H2. The van der Waals surface area contributed by atoms with Crippen molar-refractivity contribution in [2.75, 3.05) is 6.54 Å². The smallest absolute Gasteiger partial charge is 0.0576 e. The van der Waals surface area contributed by atoms with Crippen molar-refractivity contribution in [3.8, 4) is 12.3 Å². The van der Waals surface area contributed by atoms with Crippen molar-refractivity contribution in [2.24, 2.45) is 0 Å². The van der Waals surface area contributed by atoms with Crippen molar-refractivity contribution in [3.63, 3.8) is 0 Å². The van der Waals surface area contributed by atoms with E-state index in [4.69, 9.17) is 18.0 Å². The fourth-order valence-corrected chi connectivity index (χ4v) is 1.67. The van der Waals surface area contributed by atoms with Crippen LogP contribution in [0.3, 0.4) is 0 Å². The van der Waals surface area contributed by atoms with E-state index in [1.165, 1.54) is 0 Å². The summed E-state index contributed by atoms with van der Waals surface area (Å²) < 4.78 is 0.984. The van der Waals surface area contributed by atoms with Crippen molar-refractivity contribution >= 4 is 27.5 Å². The van der Waals surface area contributed by atoms with E-state index >= 15 is 0 Å². The van der Waals surface area contributed by atoms with Crippen LogP contribution in [0.1, 0.15) is 5.56 Å². The fraction of sp³-hybridized carbons (Fsp3) is 0.200. The van der Waals surface area contributed by atoms with Gasteiger partial charge in [0.25, 0.3) is 0 Å². The third-order valence-corrected chi connectivity index (χ3v) is 2.40. The zero-order valence-corrected chi connectivity index (χ0v) is 9.32. The first-order chi connectivity index (χ1) is 6.24. The maximum atomic E-state index is 5.99. The van der Waals surface area contributed by atoms with E-state index in [-0.39, 0.29) is 0 Å². The highest BCUT2D eigenvalue weighted by atomic mass is 79.9. The van der Waals surface area contributed by atoms with Crippen LogP contribution >= 0.6 is 27.5 Å². The first-order valence-electron chi connectivity index (χ1n) is 3.82. The highest BCUT2D eigenvalue weighted by molar-refractivity contribution is 9.10. The Hall–Kier alpha value is -0.490. The van der Waals surface area contributed by atoms with Crippen LogP contribution in [0.5, 0.6) is 0 Å². The van der Waals surface area contributed by atoms with Crippen molar-refractivity contribution in [2.45, 2.75) is 6.54 Å². The Balaban J connectivity index is 2.62. The zero-order chi connectivity index (χ0) is 9.68. The molecule has 1 aromatic rings. The molecule has 1 aromatic carbocycles. The maximum absolute atomic E-state index is 5.99. The third-order valence-electron chi connectivity index (χ3n) is 1.56. The number of hydrogen-bond acceptors (Lipinski definition) is 1. The summed E-state index contributed by atoms with van der Waals surface area (Å²) in [5.74, 6) is 2.51. The summed E-state index contributed by atoms with van der Waals surface area (Å²) in [4.78, 5) is 0. The minimum atomic E-state index is 0.562. The van der Waals surface area contributed by atoms with Crippen molar-refractivity contribution in [1.29, 1.82) is 0 Å². The number of hydrogen-bond donors (Lipinski definition) is 1. The largest absolute Gasteiger partial charge is 0.302 e. The van der Waals surface area contributed by atoms with Crippen molar-refractivity contribution in [3.05, 3.63) is 33.3 Å². The molecule has 1 nitrogen and oxygen atoms in total. The number of halogens is 2. The van der Waals surface area contributed by atoms with Gasteiger partial charge in [0.1, 0.15) is 0 Å². The summed E-state index contributed by atoms with van der Waals surface area (Å²) in [6.45, 7) is 1.27. The molecule has 0 spiro atoms. The van der Waals surface area contributed by atoms with Gasteiger partial charge in [-0.1, -0.05) is 39.5 Å². The molecular formula is C10H9BrClN. The van der Waals surface area contributed by atoms with Gasteiger partial charge in [-0.25, -0.2) is 0 Å². The van der Waals surface area contributed by atoms with E-state index in [2.05, 4.69) is 27.2 Å². The fourth-order valence-electron chi connectivity index (χ4n) is 0.934. The molecule has 0 amide bonds. The van der Waals surface area contributed by atoms with Crippen LogP contribution in [0, 0.1) is 12.3 Å². The van der Waals surface area contributed by atoms with Crippen LogP contribution in [-0.4, -0.2) is 6.54 Å². The first-order valence-corrected chi connectivity index (χ1v) is 4.99. The van der Waals surface area contributed by atoms with Gasteiger partial charge in [-0.3, -0.25) is 0 Å². The van der Waals surface area contributed by atoms with Gasteiger partial charge in [-0.15, -0.1) is 6.42 Å². The van der Waals surface area contributed by atoms with Crippen LogP contribution in [0.15, 0.2) is 22.7 Å². The van der Waals surface area contributed by atoms with E-state index in [0.717, 1.165) is 15.1 Å². The molecule has 13 heavy (non-hydrogen) atoms. The minimum absolute atomic E-state index is 0.562. The molecule has 0 heterocycles. The molecule has 3 heteroatoms. The second-order valence-electron chi connectivity index (χ2n) is 2.54. The highest BCUT2D eigenvalue weighted by Crippen LogP contribution is 2.20. The molecule has 0 aromatic heterocycles. The van der Waals surface area contributed by atoms with Crippen LogP contribution in [0.2, 0.25) is 5.02 Å². The second-order valence-corrected chi connectivity index (χ2v) is 3.87. The van der Waals surface area contributed by atoms with Gasteiger partial charge in [0.05, 0.1) is 6.54 Å². The van der Waals surface area contributed by atoms with Crippen molar-refractivity contribution in [1.82, 2.24) is 5.32 Å². The Morgan fingerprint density at radius 1 is 1.54 bits per heavy atom. The molecule has 0 radical (unpaired) electrons. The zero-order valence-electron chi connectivity index (χ0n) is 6.98. The summed E-state index contributed by atoms with van der Waals surface area (Å²) in [7, 11) is 0. The molecule has 0 aliphatic rings. The summed E-state index contributed by atoms with van der Waals surface area (Å²) in [5.41, 5.74) is 1.06. The van der Waals surface area contributed by atoms with E-state index in [9.17, 15) is 0 Å². The number of terminal acetylenes is 1. The molecule has 1 rings (SSSR count). The monoisotopic (exact) mass is 257 g/mol. The summed E-state index contributed by atoms with van der Waals surface area (Å²) >= 11 is 9.33. The quantitative estimate of drug-likeness (QED) is 0.649. The van der Waals surface area contributed by atoms with Crippen LogP contribution in [0.4, 0.5) is 0 Å². The predicted molar refractivity (Wildman–Crippen MR) is 59.7 cm³/mol. The van der Waals surface area contributed by atoms with Gasteiger partial charge in [0.2, 0.25) is 0 Å². The normalized spacial score (nSPS) is 9.62. The predicted octanol–water partition coefficient (Wildman–Crippen LogP) is 2.83. The molecule has 0 aliphatic carbocycles. The summed E-state index contributed by atoms with van der Waals surface area (Å²) in [6.07, 6.45) is 5.10. The maximum Gasteiger partial charge on any atom is 0.0576 e. The van der Waals surface area contributed by atoms with E-state index in [0.29, 0.717) is 13.1 Å². The lowest BCUT2D eigenvalue weighted by atomic mass is 10.2. The molecule has 1 N–H and O–H groups in total. The number of rotatable bonds is 3. The Labute approximate surface area is 91.6 Å². The minimum Gasteiger partial charge on any atom is -0.302 e. The molecule has 0 saturated carbocycles. The van der Waals surface area contributed by atoms with Gasteiger partial charge >= 0.3 is 0 Å². The first kappa shape index (κ1) is 10.6. The Morgan fingerprint density at radius 2 is 2.31 bits per heavy atom. The lowest BCUT2D eigenvalue weighted by Gasteiger charge is -2.04. The van der Waals surface area contributed by atoms with Gasteiger partial charge in [0, 0.05) is 16.0 Å². The Bertz CT molecular complexity index is 330. The Kier molecular flexibility index (Phi) is 4.31. The van der Waals surface area contributed by atoms with E-state index in [1.807, 2.05) is 18.2 Å².